The van der Waals surface area contributed by atoms with E-state index in [1.165, 1.54) is 0 Å². The number of aromatic amines is 1. The fourth-order valence-corrected chi connectivity index (χ4v) is 1.59. The van der Waals surface area contributed by atoms with Gasteiger partial charge in [0, 0.05) is 6.42 Å². The largest absolute Gasteiger partial charge is 0.481 e. The number of nitrogens with zero attached hydrogens (tertiary/aromatic N) is 2. The van der Waals surface area contributed by atoms with Gasteiger partial charge in [0.2, 0.25) is 5.91 Å². The third-order valence-electron chi connectivity index (χ3n) is 2.73. The lowest BCUT2D eigenvalue weighted by atomic mass is 9.90. The van der Waals surface area contributed by atoms with Crippen LogP contribution in [0.15, 0.2) is 0 Å². The highest BCUT2D eigenvalue weighted by molar-refractivity contribution is 5.76. The van der Waals surface area contributed by atoms with Crippen LogP contribution in [0.5, 0.6) is 0 Å². The number of aliphatic carboxylic acids is 1. The molecule has 0 fully saturated rings. The lowest BCUT2D eigenvalue weighted by Gasteiger charge is -2.18. The average molecular weight is 282 g/mol. The Bertz CT molecular complexity index is 476. The van der Waals surface area contributed by atoms with Crippen LogP contribution in [0.25, 0.3) is 0 Å². The summed E-state index contributed by atoms with van der Waals surface area (Å²) >= 11 is 0. The fourth-order valence-electron chi connectivity index (χ4n) is 1.59. The Morgan fingerprint density at radius 2 is 2.05 bits per heavy atom. The van der Waals surface area contributed by atoms with Crippen LogP contribution in [0.2, 0.25) is 0 Å². The predicted octanol–water partition coefficient (Wildman–Crippen LogP) is 1.44. The third kappa shape index (κ3) is 5.81. The lowest BCUT2D eigenvalue weighted by molar-refractivity contribution is -0.136. The first-order valence-corrected chi connectivity index (χ1v) is 6.60. The minimum Gasteiger partial charge on any atom is -0.481 e. The standard InChI is InChI=1S/C13H22N4O3/c1-8(14-10(18)5-6-13(2,3)4)12-15-9(16-17-12)7-11(19)20/h8H,5-7H2,1-4H3,(H,14,18)(H,19,20)(H,15,16,17)/t8-/m0/s1. The number of nitrogens with one attached hydrogen (secondary N) is 2. The first-order valence-electron chi connectivity index (χ1n) is 6.60. The third-order valence-corrected chi connectivity index (χ3v) is 2.73. The molecule has 0 aliphatic heterocycles. The Hall–Kier alpha value is -1.92. The lowest BCUT2D eigenvalue weighted by Crippen LogP contribution is -2.28. The van der Waals surface area contributed by atoms with E-state index in [1.54, 1.807) is 6.92 Å². The molecule has 0 bridgehead atoms. The van der Waals surface area contributed by atoms with Gasteiger partial charge in [0.25, 0.3) is 0 Å². The number of carbonyl (C=O) groups excluding carboxylic acids is 1. The van der Waals surface area contributed by atoms with Crippen molar-refractivity contribution in [2.75, 3.05) is 0 Å². The Morgan fingerprint density at radius 1 is 1.40 bits per heavy atom. The normalized spacial score (nSPS) is 13.0. The molecular formula is C13H22N4O3. The van der Waals surface area contributed by atoms with E-state index < -0.39 is 5.97 Å². The zero-order chi connectivity index (χ0) is 15.3. The molecule has 0 saturated carbocycles. The molecule has 1 aromatic rings. The Balaban J connectivity index is 2.49. The molecule has 0 aliphatic rings. The van der Waals surface area contributed by atoms with Crippen LogP contribution in [-0.4, -0.2) is 32.2 Å². The number of hydrogen-bond acceptors (Lipinski definition) is 4. The molecule has 0 unspecified atom stereocenters. The van der Waals surface area contributed by atoms with E-state index in [0.29, 0.717) is 12.2 Å². The number of hydrogen-bond donors (Lipinski definition) is 3. The molecule has 1 aromatic heterocycles. The van der Waals surface area contributed by atoms with Gasteiger partial charge in [-0.3, -0.25) is 14.7 Å². The SMILES string of the molecule is C[C@H](NC(=O)CCC(C)(C)C)c1n[nH]c(CC(=O)O)n1. The first-order chi connectivity index (χ1) is 9.17. The summed E-state index contributed by atoms with van der Waals surface area (Å²) < 4.78 is 0. The highest BCUT2D eigenvalue weighted by Crippen LogP contribution is 2.20. The molecule has 20 heavy (non-hydrogen) atoms. The summed E-state index contributed by atoms with van der Waals surface area (Å²) in [5.41, 5.74) is 0.111. The van der Waals surface area contributed by atoms with Crippen molar-refractivity contribution in [3.8, 4) is 0 Å². The van der Waals surface area contributed by atoms with Gasteiger partial charge in [-0.05, 0) is 18.8 Å². The summed E-state index contributed by atoms with van der Waals surface area (Å²) in [5, 5.41) is 17.9. The van der Waals surface area contributed by atoms with Crippen molar-refractivity contribution >= 4 is 11.9 Å². The van der Waals surface area contributed by atoms with E-state index in [9.17, 15) is 9.59 Å². The van der Waals surface area contributed by atoms with Gasteiger partial charge >= 0.3 is 5.97 Å². The van der Waals surface area contributed by atoms with Gasteiger partial charge in [-0.15, -0.1) is 0 Å². The predicted molar refractivity (Wildman–Crippen MR) is 73.0 cm³/mol. The minimum atomic E-state index is -0.977. The fraction of sp³-hybridized carbons (Fsp3) is 0.692. The molecule has 0 aromatic carbocycles. The van der Waals surface area contributed by atoms with E-state index in [-0.39, 0.29) is 29.6 Å². The van der Waals surface area contributed by atoms with Crippen molar-refractivity contribution in [1.82, 2.24) is 20.5 Å². The summed E-state index contributed by atoms with van der Waals surface area (Å²) in [6.45, 7) is 8.01. The molecule has 1 amide bonds. The van der Waals surface area contributed by atoms with Gasteiger partial charge in [-0.2, -0.15) is 5.10 Å². The van der Waals surface area contributed by atoms with Gasteiger partial charge in [0.05, 0.1) is 6.04 Å². The molecule has 7 heteroatoms. The van der Waals surface area contributed by atoms with E-state index in [4.69, 9.17) is 5.11 Å². The van der Waals surface area contributed by atoms with Crippen LogP contribution in [0.1, 0.15) is 58.2 Å². The zero-order valence-electron chi connectivity index (χ0n) is 12.4. The molecule has 0 radical (unpaired) electrons. The van der Waals surface area contributed by atoms with Gasteiger partial charge in [0.15, 0.2) is 5.82 Å². The Morgan fingerprint density at radius 3 is 2.60 bits per heavy atom. The quantitative estimate of drug-likeness (QED) is 0.731. The van der Waals surface area contributed by atoms with Crippen molar-refractivity contribution in [1.29, 1.82) is 0 Å². The molecular weight excluding hydrogens is 260 g/mol. The van der Waals surface area contributed by atoms with E-state index >= 15 is 0 Å². The maximum atomic E-state index is 11.8. The van der Waals surface area contributed by atoms with Crippen LogP contribution >= 0.6 is 0 Å². The zero-order valence-corrected chi connectivity index (χ0v) is 12.4. The van der Waals surface area contributed by atoms with Crippen LogP contribution in [0.4, 0.5) is 0 Å². The number of rotatable bonds is 6. The van der Waals surface area contributed by atoms with Crippen LogP contribution in [0, 0.1) is 5.41 Å². The van der Waals surface area contributed by atoms with Gasteiger partial charge in [-0.25, -0.2) is 4.98 Å². The van der Waals surface area contributed by atoms with Crippen molar-refractivity contribution < 1.29 is 14.7 Å². The smallest absolute Gasteiger partial charge is 0.311 e. The molecule has 3 N–H and O–H groups in total. The maximum absolute atomic E-state index is 11.8. The Labute approximate surface area is 118 Å². The monoisotopic (exact) mass is 282 g/mol. The molecule has 1 heterocycles. The maximum Gasteiger partial charge on any atom is 0.311 e. The number of carboxylic acid groups (broad SMARTS) is 1. The number of aromatic nitrogens is 3. The summed E-state index contributed by atoms with van der Waals surface area (Å²) in [5.74, 6) is -0.361. The van der Waals surface area contributed by atoms with E-state index in [0.717, 1.165) is 6.42 Å². The van der Waals surface area contributed by atoms with E-state index in [1.807, 2.05) is 0 Å². The summed E-state index contributed by atoms with van der Waals surface area (Å²) in [4.78, 5) is 26.4. The van der Waals surface area contributed by atoms with Crippen molar-refractivity contribution in [3.63, 3.8) is 0 Å². The molecule has 1 rings (SSSR count). The number of amides is 1. The second-order valence-corrected chi connectivity index (χ2v) is 6.06. The molecule has 0 aliphatic carbocycles. The van der Waals surface area contributed by atoms with Crippen molar-refractivity contribution in [3.05, 3.63) is 11.6 Å². The summed E-state index contributed by atoms with van der Waals surface area (Å²) in [6, 6.07) is -0.346. The van der Waals surface area contributed by atoms with Crippen LogP contribution in [0.3, 0.4) is 0 Å². The highest BCUT2D eigenvalue weighted by atomic mass is 16.4. The molecule has 112 valence electrons. The van der Waals surface area contributed by atoms with E-state index in [2.05, 4.69) is 41.3 Å². The molecule has 1 atom stereocenters. The number of carbonyl (C=O) groups is 2. The van der Waals surface area contributed by atoms with Crippen LogP contribution in [-0.2, 0) is 16.0 Å². The molecule has 7 nitrogen and oxygen atoms in total. The average Bonchev–Trinajstić information content (AvgIpc) is 2.73. The minimum absolute atomic E-state index is 0.0583. The molecule has 0 saturated heterocycles. The van der Waals surface area contributed by atoms with Crippen LogP contribution < -0.4 is 5.32 Å². The second kappa shape index (κ2) is 6.49. The summed E-state index contributed by atoms with van der Waals surface area (Å²) in [6.07, 6.45) is 1.03. The first kappa shape index (κ1) is 16.1. The Kier molecular flexibility index (Phi) is 5.24. The number of carboxylic acids is 1. The van der Waals surface area contributed by atoms with Gasteiger partial charge in [-0.1, -0.05) is 20.8 Å². The molecule has 0 spiro atoms. The van der Waals surface area contributed by atoms with Gasteiger partial charge < -0.3 is 10.4 Å². The van der Waals surface area contributed by atoms with Crippen molar-refractivity contribution in [2.24, 2.45) is 5.41 Å². The topological polar surface area (TPSA) is 108 Å². The summed E-state index contributed by atoms with van der Waals surface area (Å²) in [7, 11) is 0. The number of H-pyrrole nitrogens is 1. The van der Waals surface area contributed by atoms with Gasteiger partial charge in [0.1, 0.15) is 12.2 Å². The van der Waals surface area contributed by atoms with Crippen molar-refractivity contribution in [2.45, 2.75) is 53.0 Å². The highest BCUT2D eigenvalue weighted by Gasteiger charge is 2.17. The second-order valence-electron chi connectivity index (χ2n) is 6.06.